The van der Waals surface area contributed by atoms with Crippen LogP contribution in [0.15, 0.2) is 22.5 Å². The summed E-state index contributed by atoms with van der Waals surface area (Å²) in [5, 5.41) is 5.66. The first-order valence-electron chi connectivity index (χ1n) is 7.79. The van der Waals surface area contributed by atoms with Crippen molar-refractivity contribution in [3.05, 3.63) is 18.2 Å². The number of carbonyl (C=O) groups excluding carboxylic acids is 2. The van der Waals surface area contributed by atoms with Crippen molar-refractivity contribution < 1.29 is 14.3 Å². The quantitative estimate of drug-likeness (QED) is 0.769. The number of aromatic nitrogens is 1. The lowest BCUT2D eigenvalue weighted by Crippen LogP contribution is -2.32. The van der Waals surface area contributed by atoms with Gasteiger partial charge in [0.2, 0.25) is 11.8 Å². The van der Waals surface area contributed by atoms with Gasteiger partial charge < -0.3 is 15.4 Å². The largest absolute Gasteiger partial charge is 0.376 e. The van der Waals surface area contributed by atoms with Gasteiger partial charge in [-0.25, -0.2) is 4.98 Å². The predicted octanol–water partition coefficient (Wildman–Crippen LogP) is 2.64. The van der Waals surface area contributed by atoms with Crippen molar-refractivity contribution in [2.75, 3.05) is 24.2 Å². The van der Waals surface area contributed by atoms with Gasteiger partial charge in [0, 0.05) is 25.8 Å². The average molecular weight is 365 g/mol. The number of thiazole rings is 1. The average Bonchev–Trinajstić information content (AvgIpc) is 3.19. The lowest BCUT2D eigenvalue weighted by Gasteiger charge is -2.09. The highest BCUT2D eigenvalue weighted by molar-refractivity contribution is 8.01. The summed E-state index contributed by atoms with van der Waals surface area (Å²) < 4.78 is 7.32. The second-order valence-electron chi connectivity index (χ2n) is 5.57. The van der Waals surface area contributed by atoms with Gasteiger partial charge in [-0.2, -0.15) is 0 Å². The van der Waals surface area contributed by atoms with Crippen molar-refractivity contribution in [2.45, 2.75) is 30.2 Å². The molecule has 0 saturated carbocycles. The summed E-state index contributed by atoms with van der Waals surface area (Å²) in [5.41, 5.74) is 1.63. The summed E-state index contributed by atoms with van der Waals surface area (Å²) in [4.78, 5) is 27.5. The minimum Gasteiger partial charge on any atom is -0.376 e. The Morgan fingerprint density at radius 1 is 1.46 bits per heavy atom. The zero-order valence-corrected chi connectivity index (χ0v) is 15.0. The molecule has 1 aliphatic heterocycles. The molecule has 3 rings (SSSR count). The summed E-state index contributed by atoms with van der Waals surface area (Å²) in [6, 6.07) is 5.60. The van der Waals surface area contributed by atoms with Crippen molar-refractivity contribution in [1.82, 2.24) is 10.3 Å². The molecule has 2 aromatic rings. The Morgan fingerprint density at radius 2 is 2.33 bits per heavy atom. The van der Waals surface area contributed by atoms with E-state index in [0.717, 1.165) is 39.7 Å². The minimum atomic E-state index is -0.101. The molecule has 1 aromatic heterocycles. The van der Waals surface area contributed by atoms with Crippen LogP contribution in [0.3, 0.4) is 0 Å². The highest BCUT2D eigenvalue weighted by Gasteiger charge is 2.16. The Morgan fingerprint density at radius 3 is 3.08 bits per heavy atom. The van der Waals surface area contributed by atoms with E-state index >= 15 is 0 Å². The SMILES string of the molecule is CC(=O)Nc1ccc2nc(SCC(=O)NCC3CCCO3)sc2c1. The van der Waals surface area contributed by atoms with E-state index in [-0.39, 0.29) is 17.9 Å². The number of amides is 2. The molecule has 1 saturated heterocycles. The first-order chi connectivity index (χ1) is 11.6. The number of nitrogens with one attached hydrogen (secondary N) is 2. The number of hydrogen-bond donors (Lipinski definition) is 2. The Hall–Kier alpha value is -1.64. The van der Waals surface area contributed by atoms with Crippen LogP contribution in [0.1, 0.15) is 19.8 Å². The van der Waals surface area contributed by atoms with Gasteiger partial charge in [0.05, 0.1) is 22.1 Å². The topological polar surface area (TPSA) is 80.3 Å². The maximum atomic E-state index is 11.9. The van der Waals surface area contributed by atoms with Crippen LogP contribution in [0.25, 0.3) is 10.2 Å². The van der Waals surface area contributed by atoms with Crippen LogP contribution in [0.4, 0.5) is 5.69 Å². The number of fused-ring (bicyclic) bond motifs is 1. The van der Waals surface area contributed by atoms with E-state index in [1.54, 1.807) is 0 Å². The van der Waals surface area contributed by atoms with Crippen molar-refractivity contribution in [3.63, 3.8) is 0 Å². The maximum absolute atomic E-state index is 11.9. The van der Waals surface area contributed by atoms with Crippen LogP contribution in [-0.4, -0.2) is 41.8 Å². The summed E-state index contributed by atoms with van der Waals surface area (Å²) >= 11 is 2.94. The number of nitrogens with zero attached hydrogens (tertiary/aromatic N) is 1. The van der Waals surface area contributed by atoms with Crippen LogP contribution in [-0.2, 0) is 14.3 Å². The number of carbonyl (C=O) groups is 2. The lowest BCUT2D eigenvalue weighted by molar-refractivity contribution is -0.119. The van der Waals surface area contributed by atoms with Crippen molar-refractivity contribution >= 4 is 50.8 Å². The molecule has 2 amide bonds. The first kappa shape index (κ1) is 17.2. The number of ether oxygens (including phenoxy) is 1. The Kier molecular flexibility index (Phi) is 5.70. The molecule has 24 heavy (non-hydrogen) atoms. The normalized spacial score (nSPS) is 17.1. The molecule has 6 nitrogen and oxygen atoms in total. The fourth-order valence-corrected chi connectivity index (χ4v) is 4.40. The second-order valence-corrected chi connectivity index (χ2v) is 7.82. The highest BCUT2D eigenvalue weighted by Crippen LogP contribution is 2.31. The fraction of sp³-hybridized carbons (Fsp3) is 0.438. The van der Waals surface area contributed by atoms with E-state index in [9.17, 15) is 9.59 Å². The van der Waals surface area contributed by atoms with Crippen LogP contribution in [0, 0.1) is 0 Å². The standard InChI is InChI=1S/C16H19N3O3S2/c1-10(20)18-11-4-5-13-14(7-11)24-16(19-13)23-9-15(21)17-8-12-3-2-6-22-12/h4-5,7,12H,2-3,6,8-9H2,1H3,(H,17,21)(H,18,20). The summed E-state index contributed by atoms with van der Waals surface area (Å²) in [6.45, 7) is 2.86. The van der Waals surface area contributed by atoms with Gasteiger partial charge in [0.25, 0.3) is 0 Å². The number of hydrogen-bond acceptors (Lipinski definition) is 6. The van der Waals surface area contributed by atoms with Gasteiger partial charge in [-0.05, 0) is 31.0 Å². The molecular formula is C16H19N3O3S2. The monoisotopic (exact) mass is 365 g/mol. The van der Waals surface area contributed by atoms with Crippen LogP contribution in [0.2, 0.25) is 0 Å². The highest BCUT2D eigenvalue weighted by atomic mass is 32.2. The molecule has 1 unspecified atom stereocenters. The molecular weight excluding hydrogens is 346 g/mol. The van der Waals surface area contributed by atoms with E-state index in [1.807, 2.05) is 18.2 Å². The molecule has 1 atom stereocenters. The van der Waals surface area contributed by atoms with E-state index in [0.29, 0.717) is 12.3 Å². The predicted molar refractivity (Wildman–Crippen MR) is 96.6 cm³/mol. The maximum Gasteiger partial charge on any atom is 0.230 e. The van der Waals surface area contributed by atoms with Gasteiger partial charge in [-0.3, -0.25) is 9.59 Å². The molecule has 8 heteroatoms. The summed E-state index contributed by atoms with van der Waals surface area (Å²) in [7, 11) is 0. The van der Waals surface area contributed by atoms with Crippen molar-refractivity contribution in [3.8, 4) is 0 Å². The molecule has 1 fully saturated rings. The first-order valence-corrected chi connectivity index (χ1v) is 9.59. The molecule has 0 radical (unpaired) electrons. The number of thioether (sulfide) groups is 1. The molecule has 0 spiro atoms. The Bertz CT molecular complexity index is 741. The van der Waals surface area contributed by atoms with Gasteiger partial charge >= 0.3 is 0 Å². The zero-order chi connectivity index (χ0) is 16.9. The number of benzene rings is 1. The van der Waals surface area contributed by atoms with Crippen molar-refractivity contribution in [1.29, 1.82) is 0 Å². The fourth-order valence-electron chi connectivity index (χ4n) is 2.46. The Balaban J connectivity index is 1.52. The second kappa shape index (κ2) is 7.96. The zero-order valence-electron chi connectivity index (χ0n) is 13.3. The van der Waals surface area contributed by atoms with Gasteiger partial charge in [-0.15, -0.1) is 11.3 Å². The number of anilines is 1. The number of rotatable bonds is 6. The molecule has 2 N–H and O–H groups in total. The molecule has 1 aliphatic rings. The molecule has 128 valence electrons. The van der Waals surface area contributed by atoms with E-state index < -0.39 is 0 Å². The van der Waals surface area contributed by atoms with Gasteiger partial charge in [0.1, 0.15) is 0 Å². The smallest absolute Gasteiger partial charge is 0.230 e. The summed E-state index contributed by atoms with van der Waals surface area (Å²) in [5.74, 6) is 0.232. The third-order valence-electron chi connectivity index (χ3n) is 3.57. The van der Waals surface area contributed by atoms with Crippen LogP contribution in [0.5, 0.6) is 0 Å². The van der Waals surface area contributed by atoms with E-state index in [2.05, 4.69) is 15.6 Å². The van der Waals surface area contributed by atoms with E-state index in [1.165, 1.54) is 30.0 Å². The van der Waals surface area contributed by atoms with Crippen LogP contribution < -0.4 is 10.6 Å². The molecule has 0 bridgehead atoms. The third-order valence-corrected chi connectivity index (χ3v) is 5.73. The molecule has 2 heterocycles. The van der Waals surface area contributed by atoms with Crippen LogP contribution >= 0.6 is 23.1 Å². The molecule has 1 aromatic carbocycles. The van der Waals surface area contributed by atoms with Gasteiger partial charge in [0.15, 0.2) is 4.34 Å². The minimum absolute atomic E-state index is 0.00584. The van der Waals surface area contributed by atoms with E-state index in [4.69, 9.17) is 4.74 Å². The van der Waals surface area contributed by atoms with Crippen molar-refractivity contribution in [2.24, 2.45) is 0 Å². The molecule has 0 aliphatic carbocycles. The lowest BCUT2D eigenvalue weighted by atomic mass is 10.2. The Labute approximate surface area is 148 Å². The summed E-state index contributed by atoms with van der Waals surface area (Å²) in [6.07, 6.45) is 2.25. The third kappa shape index (κ3) is 4.68. The van der Waals surface area contributed by atoms with Gasteiger partial charge in [-0.1, -0.05) is 11.8 Å².